The van der Waals surface area contributed by atoms with Crippen LogP contribution >= 0.6 is 11.6 Å². The van der Waals surface area contributed by atoms with Gasteiger partial charge < -0.3 is 19.1 Å². The molecule has 0 bridgehead atoms. The average molecular weight is 557 g/mol. The van der Waals surface area contributed by atoms with Crippen LogP contribution in [0.5, 0.6) is 11.5 Å². The molecule has 0 aliphatic carbocycles. The van der Waals surface area contributed by atoms with Gasteiger partial charge in [0.15, 0.2) is 11.5 Å². The fraction of sp³-hybridized carbons (Fsp3) is 0.370. The summed E-state index contributed by atoms with van der Waals surface area (Å²) in [5.41, 5.74) is -1.32. The number of benzene rings is 2. The number of ether oxygens (including phenoxy) is 3. The summed E-state index contributed by atoms with van der Waals surface area (Å²) in [5.74, 6) is -0.836. The Labute approximate surface area is 229 Å². The molecule has 4 rings (SSSR count). The second-order valence-corrected chi connectivity index (χ2v) is 9.31. The summed E-state index contributed by atoms with van der Waals surface area (Å²) >= 11 is 6.31. The second kappa shape index (κ2) is 12.2. The first-order valence-corrected chi connectivity index (χ1v) is 12.8. The van der Waals surface area contributed by atoms with Crippen molar-refractivity contribution in [3.8, 4) is 17.2 Å². The third-order valence-corrected chi connectivity index (χ3v) is 6.86. The molecule has 1 aliphatic rings. The molecule has 0 N–H and O–H groups in total. The third kappa shape index (κ3) is 5.83. The standard InChI is InChI=1S/C27H29ClN4O7/c1-4-39-26(35)18-9-7-13-30(15-18)24(33)23-25(34)31(16-17-8-5-6-10-20(17)28)27(36)32(29-23)19-11-12-21(37-2)22(14-19)38-3/h5-6,8,10-12,14,18H,4,7,9,13,15-16H2,1-3H3. The number of hydrogen-bond acceptors (Lipinski definition) is 8. The summed E-state index contributed by atoms with van der Waals surface area (Å²) in [7, 11) is 2.92. The number of piperidine rings is 1. The molecule has 39 heavy (non-hydrogen) atoms. The maximum absolute atomic E-state index is 13.6. The van der Waals surface area contributed by atoms with E-state index in [1.54, 1.807) is 43.3 Å². The van der Waals surface area contributed by atoms with E-state index in [-0.39, 0.29) is 25.4 Å². The van der Waals surface area contributed by atoms with Crippen molar-refractivity contribution in [1.29, 1.82) is 0 Å². The van der Waals surface area contributed by atoms with Gasteiger partial charge in [-0.2, -0.15) is 9.78 Å². The van der Waals surface area contributed by atoms with Crippen molar-refractivity contribution in [2.45, 2.75) is 26.3 Å². The smallest absolute Gasteiger partial charge is 0.352 e. The van der Waals surface area contributed by atoms with Gasteiger partial charge in [-0.15, -0.1) is 0 Å². The Kier molecular flexibility index (Phi) is 8.70. The van der Waals surface area contributed by atoms with E-state index in [2.05, 4.69) is 5.10 Å². The Morgan fingerprint density at radius 1 is 1.08 bits per heavy atom. The van der Waals surface area contributed by atoms with Crippen molar-refractivity contribution in [1.82, 2.24) is 19.2 Å². The molecule has 3 aromatic rings. The molecule has 1 unspecified atom stereocenters. The Hall–Kier alpha value is -4.12. The minimum atomic E-state index is -0.861. The van der Waals surface area contributed by atoms with Crippen molar-refractivity contribution < 1.29 is 23.8 Å². The zero-order valence-corrected chi connectivity index (χ0v) is 22.6. The number of carbonyl (C=O) groups excluding carboxylic acids is 2. The molecule has 1 amide bonds. The summed E-state index contributed by atoms with van der Waals surface area (Å²) in [6.07, 6.45) is 1.12. The van der Waals surface area contributed by atoms with Gasteiger partial charge in [0.1, 0.15) is 0 Å². The van der Waals surface area contributed by atoms with E-state index in [4.69, 9.17) is 25.8 Å². The van der Waals surface area contributed by atoms with Gasteiger partial charge in [-0.1, -0.05) is 29.8 Å². The summed E-state index contributed by atoms with van der Waals surface area (Å²) in [4.78, 5) is 54.5. The second-order valence-electron chi connectivity index (χ2n) is 8.91. The third-order valence-electron chi connectivity index (χ3n) is 6.49. The van der Waals surface area contributed by atoms with Crippen LogP contribution in [0, 0.1) is 5.92 Å². The van der Waals surface area contributed by atoms with Gasteiger partial charge in [-0.25, -0.2) is 4.79 Å². The average Bonchev–Trinajstić information content (AvgIpc) is 2.95. The monoisotopic (exact) mass is 556 g/mol. The molecule has 0 saturated carbocycles. The zero-order valence-electron chi connectivity index (χ0n) is 21.9. The molecule has 1 aromatic heterocycles. The molecule has 2 heterocycles. The SMILES string of the molecule is CCOC(=O)C1CCCN(C(=O)c2nn(-c3ccc(OC)c(OC)c3)c(=O)n(Cc3ccccc3Cl)c2=O)C1. The van der Waals surface area contributed by atoms with Gasteiger partial charge in [0, 0.05) is 24.2 Å². The van der Waals surface area contributed by atoms with E-state index in [0.717, 1.165) is 9.25 Å². The molecule has 11 nitrogen and oxygen atoms in total. The van der Waals surface area contributed by atoms with Crippen molar-refractivity contribution in [3.63, 3.8) is 0 Å². The number of halogens is 1. The first kappa shape index (κ1) is 27.9. The lowest BCUT2D eigenvalue weighted by molar-refractivity contribution is -0.149. The van der Waals surface area contributed by atoms with E-state index >= 15 is 0 Å². The zero-order chi connectivity index (χ0) is 28.1. The molecule has 206 valence electrons. The molecule has 1 fully saturated rings. The number of nitrogens with zero attached hydrogens (tertiary/aromatic N) is 4. The molecule has 12 heteroatoms. The lowest BCUT2D eigenvalue weighted by atomic mass is 9.98. The predicted molar refractivity (Wildman–Crippen MR) is 143 cm³/mol. The van der Waals surface area contributed by atoms with Crippen molar-refractivity contribution in [3.05, 3.63) is 79.6 Å². The van der Waals surface area contributed by atoms with Gasteiger partial charge in [0.25, 0.3) is 11.5 Å². The highest BCUT2D eigenvalue weighted by atomic mass is 35.5. The Bertz CT molecular complexity index is 1500. The van der Waals surface area contributed by atoms with Crippen molar-refractivity contribution >= 4 is 23.5 Å². The summed E-state index contributed by atoms with van der Waals surface area (Å²) in [6, 6.07) is 11.5. The normalized spacial score (nSPS) is 15.1. The lowest BCUT2D eigenvalue weighted by Gasteiger charge is -2.31. The molecule has 1 aliphatic heterocycles. The van der Waals surface area contributed by atoms with Crippen LogP contribution in [0.15, 0.2) is 52.1 Å². The lowest BCUT2D eigenvalue weighted by Crippen LogP contribution is -2.49. The quantitative estimate of drug-likeness (QED) is 0.388. The highest BCUT2D eigenvalue weighted by molar-refractivity contribution is 6.31. The molecule has 0 spiro atoms. The number of likely N-dealkylation sites (tertiary alicyclic amines) is 1. The number of amides is 1. The minimum Gasteiger partial charge on any atom is -0.493 e. The highest BCUT2D eigenvalue weighted by Crippen LogP contribution is 2.28. The molecule has 1 saturated heterocycles. The number of esters is 1. The van der Waals surface area contributed by atoms with Crippen LogP contribution in [0.4, 0.5) is 0 Å². The molecule has 2 aromatic carbocycles. The van der Waals surface area contributed by atoms with E-state index in [1.165, 1.54) is 25.2 Å². The van der Waals surface area contributed by atoms with Crippen LogP contribution in [0.3, 0.4) is 0 Å². The van der Waals surface area contributed by atoms with E-state index in [1.807, 2.05) is 0 Å². The highest BCUT2D eigenvalue weighted by Gasteiger charge is 2.32. The predicted octanol–water partition coefficient (Wildman–Crippen LogP) is 2.53. The first-order chi connectivity index (χ1) is 18.8. The largest absolute Gasteiger partial charge is 0.493 e. The van der Waals surface area contributed by atoms with Gasteiger partial charge >= 0.3 is 11.7 Å². The van der Waals surface area contributed by atoms with Crippen LogP contribution < -0.4 is 20.7 Å². The number of carbonyl (C=O) groups is 2. The fourth-order valence-electron chi connectivity index (χ4n) is 4.47. The number of rotatable bonds is 8. The summed E-state index contributed by atoms with van der Waals surface area (Å²) < 4.78 is 17.7. The van der Waals surface area contributed by atoms with Gasteiger partial charge in [-0.3, -0.25) is 19.0 Å². The minimum absolute atomic E-state index is 0.0821. The number of methoxy groups -OCH3 is 2. The van der Waals surface area contributed by atoms with Crippen molar-refractivity contribution in [2.75, 3.05) is 33.9 Å². The van der Waals surface area contributed by atoms with E-state index < -0.39 is 34.7 Å². The maximum Gasteiger partial charge on any atom is 0.352 e. The molecular formula is C27H29ClN4O7. The number of aromatic nitrogens is 3. The van der Waals surface area contributed by atoms with Crippen LogP contribution in [0.2, 0.25) is 5.02 Å². The Balaban J connectivity index is 1.84. The van der Waals surface area contributed by atoms with Crippen LogP contribution in [-0.4, -0.2) is 65.0 Å². The van der Waals surface area contributed by atoms with Gasteiger partial charge in [0.05, 0.1) is 39.0 Å². The fourth-order valence-corrected chi connectivity index (χ4v) is 4.67. The number of hydrogen-bond donors (Lipinski definition) is 0. The molecular weight excluding hydrogens is 528 g/mol. The first-order valence-electron chi connectivity index (χ1n) is 12.4. The summed E-state index contributed by atoms with van der Waals surface area (Å²) in [5, 5.41) is 4.57. The van der Waals surface area contributed by atoms with E-state index in [0.29, 0.717) is 41.5 Å². The van der Waals surface area contributed by atoms with Crippen molar-refractivity contribution in [2.24, 2.45) is 5.92 Å². The van der Waals surface area contributed by atoms with Crippen LogP contribution in [0.25, 0.3) is 5.69 Å². The Morgan fingerprint density at radius 3 is 2.51 bits per heavy atom. The van der Waals surface area contributed by atoms with Gasteiger partial charge in [-0.05, 0) is 43.5 Å². The van der Waals surface area contributed by atoms with Crippen LogP contribution in [-0.2, 0) is 16.1 Å². The topological polar surface area (TPSA) is 122 Å². The van der Waals surface area contributed by atoms with Gasteiger partial charge in [0.2, 0.25) is 5.69 Å². The maximum atomic E-state index is 13.6. The van der Waals surface area contributed by atoms with E-state index in [9.17, 15) is 19.2 Å². The van der Waals surface area contributed by atoms with Crippen LogP contribution in [0.1, 0.15) is 35.8 Å². The Morgan fingerprint density at radius 2 is 1.82 bits per heavy atom. The molecule has 1 atom stereocenters. The molecule has 0 radical (unpaired) electrons. The summed E-state index contributed by atoms with van der Waals surface area (Å²) in [6.45, 7) is 2.17.